The maximum Gasteiger partial charge on any atom is 0.150 e. The molecule has 1 nitrogen and oxygen atoms in total. The van der Waals surface area contributed by atoms with E-state index in [1.54, 1.807) is 12.1 Å². The van der Waals surface area contributed by atoms with Gasteiger partial charge >= 0.3 is 0 Å². The predicted octanol–water partition coefficient (Wildman–Crippen LogP) is 4.07. The number of hydrogen-bond acceptors (Lipinski definition) is 1. The highest BCUT2D eigenvalue weighted by molar-refractivity contribution is 9.10. The Balaban J connectivity index is 2.52. The van der Waals surface area contributed by atoms with Gasteiger partial charge in [0.2, 0.25) is 0 Å². The summed E-state index contributed by atoms with van der Waals surface area (Å²) in [5.74, 6) is -0.386. The zero-order chi connectivity index (χ0) is 11.5. The van der Waals surface area contributed by atoms with Gasteiger partial charge in [-0.05, 0) is 23.8 Å². The van der Waals surface area contributed by atoms with Gasteiger partial charge in [0, 0.05) is 15.6 Å². The highest BCUT2D eigenvalue weighted by Gasteiger charge is 2.05. The SMILES string of the molecule is O=Cc1ccc(-c2cccc(Br)c2)c(F)c1. The lowest BCUT2D eigenvalue weighted by Gasteiger charge is -2.04. The Labute approximate surface area is 101 Å². The molecule has 0 atom stereocenters. The lowest BCUT2D eigenvalue weighted by molar-refractivity contribution is 0.112. The van der Waals surface area contributed by atoms with E-state index in [4.69, 9.17) is 0 Å². The summed E-state index contributed by atoms with van der Waals surface area (Å²) >= 11 is 3.33. The third kappa shape index (κ3) is 2.19. The molecule has 0 bridgehead atoms. The molecule has 2 rings (SSSR count). The summed E-state index contributed by atoms with van der Waals surface area (Å²) in [5.41, 5.74) is 1.62. The molecule has 0 radical (unpaired) electrons. The van der Waals surface area contributed by atoms with Crippen LogP contribution in [0.3, 0.4) is 0 Å². The maximum atomic E-state index is 13.7. The highest BCUT2D eigenvalue weighted by Crippen LogP contribution is 2.25. The lowest BCUT2D eigenvalue weighted by atomic mass is 10.0. The number of carbonyl (C=O) groups excluding carboxylic acids is 1. The first kappa shape index (κ1) is 11.0. The Hall–Kier alpha value is -1.48. The van der Waals surface area contributed by atoms with Crippen molar-refractivity contribution in [2.75, 3.05) is 0 Å². The van der Waals surface area contributed by atoms with Gasteiger partial charge < -0.3 is 0 Å². The molecule has 0 N–H and O–H groups in total. The lowest BCUT2D eigenvalue weighted by Crippen LogP contribution is -1.87. The normalized spacial score (nSPS) is 10.1. The molecule has 0 heterocycles. The van der Waals surface area contributed by atoms with Crippen molar-refractivity contribution in [3.63, 3.8) is 0 Å². The Morgan fingerprint density at radius 1 is 1.12 bits per heavy atom. The van der Waals surface area contributed by atoms with E-state index in [9.17, 15) is 9.18 Å². The fraction of sp³-hybridized carbons (Fsp3) is 0. The number of hydrogen-bond donors (Lipinski definition) is 0. The zero-order valence-corrected chi connectivity index (χ0v) is 9.87. The van der Waals surface area contributed by atoms with Crippen LogP contribution >= 0.6 is 15.9 Å². The molecule has 0 aliphatic heterocycles. The number of rotatable bonds is 2. The molecular weight excluding hydrogens is 271 g/mol. The van der Waals surface area contributed by atoms with Crippen molar-refractivity contribution in [2.45, 2.75) is 0 Å². The fourth-order valence-electron chi connectivity index (χ4n) is 1.49. The second kappa shape index (κ2) is 4.58. The van der Waals surface area contributed by atoms with Gasteiger partial charge in [-0.2, -0.15) is 0 Å². The Kier molecular flexibility index (Phi) is 3.15. The second-order valence-corrected chi connectivity index (χ2v) is 4.28. The predicted molar refractivity (Wildman–Crippen MR) is 64.9 cm³/mol. The van der Waals surface area contributed by atoms with E-state index >= 15 is 0 Å². The topological polar surface area (TPSA) is 17.1 Å². The van der Waals surface area contributed by atoms with Crippen LogP contribution in [0.1, 0.15) is 10.4 Å². The van der Waals surface area contributed by atoms with Gasteiger partial charge in [0.25, 0.3) is 0 Å². The van der Waals surface area contributed by atoms with Crippen LogP contribution in [0.25, 0.3) is 11.1 Å². The summed E-state index contributed by atoms with van der Waals surface area (Å²) in [6.45, 7) is 0. The molecule has 0 aliphatic rings. The summed E-state index contributed by atoms with van der Waals surface area (Å²) in [7, 11) is 0. The molecule has 2 aromatic rings. The molecule has 16 heavy (non-hydrogen) atoms. The van der Waals surface area contributed by atoms with Crippen molar-refractivity contribution in [3.8, 4) is 11.1 Å². The minimum absolute atomic E-state index is 0.344. The average molecular weight is 279 g/mol. The van der Waals surface area contributed by atoms with Crippen LogP contribution in [0.5, 0.6) is 0 Å². The third-order valence-corrected chi connectivity index (χ3v) is 2.76. The molecule has 0 amide bonds. The van der Waals surface area contributed by atoms with E-state index in [0.717, 1.165) is 10.0 Å². The highest BCUT2D eigenvalue weighted by atomic mass is 79.9. The van der Waals surface area contributed by atoms with Gasteiger partial charge in [0.05, 0.1) is 0 Å². The van der Waals surface area contributed by atoms with E-state index < -0.39 is 0 Å². The maximum absolute atomic E-state index is 13.7. The summed E-state index contributed by atoms with van der Waals surface area (Å²) in [4.78, 5) is 10.5. The number of halogens is 2. The van der Waals surface area contributed by atoms with Crippen LogP contribution < -0.4 is 0 Å². The molecule has 0 aliphatic carbocycles. The van der Waals surface area contributed by atoms with Crippen molar-refractivity contribution in [2.24, 2.45) is 0 Å². The van der Waals surface area contributed by atoms with Crippen LogP contribution in [0, 0.1) is 5.82 Å². The van der Waals surface area contributed by atoms with Crippen molar-refractivity contribution < 1.29 is 9.18 Å². The molecule has 2 aromatic carbocycles. The standard InChI is InChI=1S/C13H8BrFO/c14-11-3-1-2-10(7-11)12-5-4-9(8-16)6-13(12)15/h1-8H. The van der Waals surface area contributed by atoms with E-state index in [1.807, 2.05) is 24.3 Å². The molecule has 80 valence electrons. The third-order valence-electron chi connectivity index (χ3n) is 2.26. The van der Waals surface area contributed by atoms with E-state index in [0.29, 0.717) is 17.4 Å². The molecule has 0 saturated carbocycles. The van der Waals surface area contributed by atoms with Gasteiger partial charge in [-0.3, -0.25) is 4.79 Å². The van der Waals surface area contributed by atoms with Crippen LogP contribution in [-0.2, 0) is 0 Å². The molecule has 0 unspecified atom stereocenters. The van der Waals surface area contributed by atoms with Crippen molar-refractivity contribution >= 4 is 22.2 Å². The van der Waals surface area contributed by atoms with Crippen LogP contribution in [0.15, 0.2) is 46.9 Å². The Bertz CT molecular complexity index is 537. The summed E-state index contributed by atoms with van der Waals surface area (Å²) in [6, 6.07) is 11.8. The molecule has 0 fully saturated rings. The van der Waals surface area contributed by atoms with Crippen molar-refractivity contribution in [1.82, 2.24) is 0 Å². The molecule has 0 spiro atoms. The molecular formula is C13H8BrFO. The van der Waals surface area contributed by atoms with Crippen LogP contribution in [-0.4, -0.2) is 6.29 Å². The van der Waals surface area contributed by atoms with E-state index in [-0.39, 0.29) is 5.82 Å². The van der Waals surface area contributed by atoms with Gasteiger partial charge in [-0.25, -0.2) is 4.39 Å². The zero-order valence-electron chi connectivity index (χ0n) is 8.28. The first-order valence-corrected chi connectivity index (χ1v) is 5.50. The van der Waals surface area contributed by atoms with Crippen molar-refractivity contribution in [1.29, 1.82) is 0 Å². The second-order valence-electron chi connectivity index (χ2n) is 3.37. The summed E-state index contributed by atoms with van der Waals surface area (Å²) < 4.78 is 14.6. The first-order valence-electron chi connectivity index (χ1n) is 4.71. The van der Waals surface area contributed by atoms with Crippen molar-refractivity contribution in [3.05, 3.63) is 58.3 Å². The molecule has 0 saturated heterocycles. The quantitative estimate of drug-likeness (QED) is 0.757. The molecule has 0 aromatic heterocycles. The van der Waals surface area contributed by atoms with Crippen LogP contribution in [0.4, 0.5) is 4.39 Å². The minimum atomic E-state index is -0.386. The summed E-state index contributed by atoms with van der Waals surface area (Å²) in [5, 5.41) is 0. The summed E-state index contributed by atoms with van der Waals surface area (Å²) in [6.07, 6.45) is 0.633. The van der Waals surface area contributed by atoms with Gasteiger partial charge in [-0.15, -0.1) is 0 Å². The fourth-order valence-corrected chi connectivity index (χ4v) is 1.89. The average Bonchev–Trinajstić information content (AvgIpc) is 2.28. The van der Waals surface area contributed by atoms with Gasteiger partial charge in [-0.1, -0.05) is 40.2 Å². The first-order chi connectivity index (χ1) is 7.70. The number of benzene rings is 2. The van der Waals surface area contributed by atoms with Gasteiger partial charge in [0.15, 0.2) is 0 Å². The smallest absolute Gasteiger partial charge is 0.150 e. The van der Waals surface area contributed by atoms with E-state index in [1.165, 1.54) is 6.07 Å². The van der Waals surface area contributed by atoms with Gasteiger partial charge in [0.1, 0.15) is 12.1 Å². The molecule has 3 heteroatoms. The monoisotopic (exact) mass is 278 g/mol. The number of carbonyl (C=O) groups is 1. The van der Waals surface area contributed by atoms with E-state index in [2.05, 4.69) is 15.9 Å². The Morgan fingerprint density at radius 2 is 1.94 bits per heavy atom. The largest absolute Gasteiger partial charge is 0.298 e. The van der Waals surface area contributed by atoms with Crippen LogP contribution in [0.2, 0.25) is 0 Å². The number of aldehydes is 1. The Morgan fingerprint density at radius 3 is 2.56 bits per heavy atom. The minimum Gasteiger partial charge on any atom is -0.298 e.